The summed E-state index contributed by atoms with van der Waals surface area (Å²) in [7, 11) is 0. The van der Waals surface area contributed by atoms with Crippen LogP contribution in [0, 0.1) is 6.92 Å². The van der Waals surface area contributed by atoms with Crippen molar-refractivity contribution in [3.05, 3.63) is 69.1 Å². The molecular formula is C24H27N3O2. The monoisotopic (exact) mass is 389 g/mol. The van der Waals surface area contributed by atoms with Crippen molar-refractivity contribution in [1.29, 1.82) is 0 Å². The molecule has 0 N–H and O–H groups in total. The molecule has 0 atom stereocenters. The van der Waals surface area contributed by atoms with Crippen molar-refractivity contribution >= 4 is 11.0 Å². The molecule has 2 aromatic heterocycles. The van der Waals surface area contributed by atoms with Crippen LogP contribution in [0.4, 0.5) is 0 Å². The van der Waals surface area contributed by atoms with Gasteiger partial charge in [-0.25, -0.2) is 9.97 Å². The van der Waals surface area contributed by atoms with E-state index < -0.39 is 0 Å². The van der Waals surface area contributed by atoms with E-state index in [1.54, 1.807) is 6.26 Å². The molecule has 29 heavy (non-hydrogen) atoms. The van der Waals surface area contributed by atoms with Crippen LogP contribution < -0.4 is 5.43 Å². The zero-order valence-electron chi connectivity index (χ0n) is 17.0. The smallest absolute Gasteiger partial charge is 0.197 e. The highest BCUT2D eigenvalue weighted by atomic mass is 16.3. The minimum absolute atomic E-state index is 0.0737. The van der Waals surface area contributed by atoms with E-state index in [2.05, 4.69) is 4.90 Å². The van der Waals surface area contributed by atoms with Crippen molar-refractivity contribution in [3.63, 3.8) is 0 Å². The van der Waals surface area contributed by atoms with E-state index in [9.17, 15) is 4.79 Å². The molecule has 1 aliphatic carbocycles. The van der Waals surface area contributed by atoms with E-state index in [0.717, 1.165) is 30.9 Å². The Hall–Kier alpha value is -2.53. The number of fused-ring (bicyclic) bond motifs is 2. The Bertz CT molecular complexity index is 1100. The second-order valence-corrected chi connectivity index (χ2v) is 8.59. The Kier molecular flexibility index (Phi) is 4.92. The molecule has 0 spiro atoms. The van der Waals surface area contributed by atoms with Crippen LogP contribution >= 0.6 is 0 Å². The fourth-order valence-corrected chi connectivity index (χ4v) is 4.72. The summed E-state index contributed by atoms with van der Waals surface area (Å²) in [6.07, 6.45) is 10.9. The molecule has 1 fully saturated rings. The van der Waals surface area contributed by atoms with Gasteiger partial charge < -0.3 is 4.42 Å². The van der Waals surface area contributed by atoms with Crippen molar-refractivity contribution in [3.8, 4) is 0 Å². The lowest BCUT2D eigenvalue weighted by atomic mass is 9.88. The normalized spacial score (nSPS) is 18.1. The van der Waals surface area contributed by atoms with E-state index >= 15 is 0 Å². The molecule has 1 saturated carbocycles. The van der Waals surface area contributed by atoms with Gasteiger partial charge in [0.15, 0.2) is 5.43 Å². The zero-order chi connectivity index (χ0) is 19.8. The van der Waals surface area contributed by atoms with Gasteiger partial charge in [-0.3, -0.25) is 9.69 Å². The molecule has 150 valence electrons. The van der Waals surface area contributed by atoms with Gasteiger partial charge in [-0.1, -0.05) is 30.9 Å². The first-order valence-corrected chi connectivity index (χ1v) is 10.8. The van der Waals surface area contributed by atoms with Crippen molar-refractivity contribution in [2.24, 2.45) is 0 Å². The maximum Gasteiger partial charge on any atom is 0.197 e. The Morgan fingerprint density at radius 1 is 1.21 bits per heavy atom. The van der Waals surface area contributed by atoms with Gasteiger partial charge in [0.2, 0.25) is 0 Å². The Balaban J connectivity index is 1.34. The first-order valence-electron chi connectivity index (χ1n) is 10.8. The van der Waals surface area contributed by atoms with Crippen LogP contribution in [0.1, 0.15) is 66.2 Å². The van der Waals surface area contributed by atoms with Gasteiger partial charge in [-0.2, -0.15) is 0 Å². The number of benzene rings is 1. The topological polar surface area (TPSA) is 59.2 Å². The van der Waals surface area contributed by atoms with E-state index in [0.29, 0.717) is 29.0 Å². The summed E-state index contributed by atoms with van der Waals surface area (Å²) < 4.78 is 5.72. The molecule has 3 aromatic rings. The zero-order valence-corrected chi connectivity index (χ0v) is 17.0. The first kappa shape index (κ1) is 18.5. The molecule has 5 heteroatoms. The summed E-state index contributed by atoms with van der Waals surface area (Å²) in [5.74, 6) is 1.58. The predicted octanol–water partition coefficient (Wildman–Crippen LogP) is 4.50. The lowest BCUT2D eigenvalue weighted by Gasteiger charge is -2.28. The maximum atomic E-state index is 12.9. The molecule has 2 aliphatic rings. The fraction of sp³-hybridized carbons (Fsp3) is 0.458. The number of aromatic nitrogens is 2. The highest BCUT2D eigenvalue weighted by Gasteiger charge is 2.23. The molecule has 3 heterocycles. The third kappa shape index (κ3) is 3.71. The minimum atomic E-state index is 0.0737. The number of hydrogen-bond donors (Lipinski definition) is 0. The molecule has 0 unspecified atom stereocenters. The van der Waals surface area contributed by atoms with E-state index in [1.165, 1.54) is 43.4 Å². The SMILES string of the molecule is Cc1ccc2occ(CN3CCc4nc(C5CCCCC5)ncc4C3)c(=O)c2c1. The van der Waals surface area contributed by atoms with Crippen LogP contribution in [0.25, 0.3) is 11.0 Å². The van der Waals surface area contributed by atoms with E-state index in [1.807, 2.05) is 31.3 Å². The fourth-order valence-electron chi connectivity index (χ4n) is 4.72. The quantitative estimate of drug-likeness (QED) is 0.660. The van der Waals surface area contributed by atoms with Crippen LogP contribution in [0.15, 0.2) is 39.9 Å². The van der Waals surface area contributed by atoms with Gasteiger partial charge in [-0.15, -0.1) is 0 Å². The summed E-state index contributed by atoms with van der Waals surface area (Å²) in [6, 6.07) is 5.75. The second-order valence-electron chi connectivity index (χ2n) is 8.59. The molecular weight excluding hydrogens is 362 g/mol. The van der Waals surface area contributed by atoms with Crippen LogP contribution in [-0.2, 0) is 19.5 Å². The summed E-state index contributed by atoms with van der Waals surface area (Å²) in [5.41, 5.74) is 4.89. The summed E-state index contributed by atoms with van der Waals surface area (Å²) in [4.78, 5) is 24.8. The molecule has 1 aromatic carbocycles. The Morgan fingerprint density at radius 2 is 2.07 bits per heavy atom. The average molecular weight is 389 g/mol. The molecule has 0 amide bonds. The van der Waals surface area contributed by atoms with Gasteiger partial charge in [-0.05, 0) is 31.9 Å². The highest BCUT2D eigenvalue weighted by Crippen LogP contribution is 2.31. The first-order chi connectivity index (χ1) is 14.2. The van der Waals surface area contributed by atoms with Gasteiger partial charge >= 0.3 is 0 Å². The maximum absolute atomic E-state index is 12.9. The van der Waals surface area contributed by atoms with Crippen LogP contribution in [-0.4, -0.2) is 21.4 Å². The molecule has 5 rings (SSSR count). The van der Waals surface area contributed by atoms with Crippen LogP contribution in [0.3, 0.4) is 0 Å². The highest BCUT2D eigenvalue weighted by molar-refractivity contribution is 5.77. The third-order valence-corrected chi connectivity index (χ3v) is 6.40. The molecule has 5 nitrogen and oxygen atoms in total. The largest absolute Gasteiger partial charge is 0.464 e. The van der Waals surface area contributed by atoms with Crippen molar-refractivity contribution in [1.82, 2.24) is 14.9 Å². The van der Waals surface area contributed by atoms with Gasteiger partial charge in [0.1, 0.15) is 11.4 Å². The van der Waals surface area contributed by atoms with Crippen molar-refractivity contribution in [2.45, 2.75) is 64.5 Å². The van der Waals surface area contributed by atoms with Gasteiger partial charge in [0.05, 0.1) is 11.6 Å². The van der Waals surface area contributed by atoms with E-state index in [4.69, 9.17) is 14.4 Å². The molecule has 0 saturated heterocycles. The number of nitrogens with zero attached hydrogens (tertiary/aromatic N) is 3. The van der Waals surface area contributed by atoms with Crippen molar-refractivity contribution in [2.75, 3.05) is 6.54 Å². The predicted molar refractivity (Wildman–Crippen MR) is 113 cm³/mol. The summed E-state index contributed by atoms with van der Waals surface area (Å²) in [6.45, 7) is 4.27. The third-order valence-electron chi connectivity index (χ3n) is 6.40. The lowest BCUT2D eigenvalue weighted by Crippen LogP contribution is -2.32. The van der Waals surface area contributed by atoms with Crippen LogP contribution in [0.2, 0.25) is 0 Å². The second kappa shape index (κ2) is 7.71. The Morgan fingerprint density at radius 3 is 2.93 bits per heavy atom. The van der Waals surface area contributed by atoms with E-state index in [-0.39, 0.29) is 5.43 Å². The number of hydrogen-bond acceptors (Lipinski definition) is 5. The summed E-state index contributed by atoms with van der Waals surface area (Å²) >= 11 is 0. The van der Waals surface area contributed by atoms with Gasteiger partial charge in [0, 0.05) is 55.0 Å². The standard InChI is InChI=1S/C24H27N3O2/c1-16-7-8-22-20(11-16)23(28)19(15-29-22)14-27-10-9-21-18(13-27)12-25-24(26-21)17-5-3-2-4-6-17/h7-8,11-12,15,17H,2-6,9-10,13-14H2,1H3. The van der Waals surface area contributed by atoms with Crippen molar-refractivity contribution < 1.29 is 4.42 Å². The molecule has 0 radical (unpaired) electrons. The van der Waals surface area contributed by atoms with Gasteiger partial charge in [0.25, 0.3) is 0 Å². The minimum Gasteiger partial charge on any atom is -0.464 e. The summed E-state index contributed by atoms with van der Waals surface area (Å²) in [5, 5.41) is 0.667. The number of rotatable bonds is 3. The average Bonchev–Trinajstić information content (AvgIpc) is 2.76. The lowest BCUT2D eigenvalue weighted by molar-refractivity contribution is 0.240. The molecule has 0 bridgehead atoms. The Labute approximate surface area is 170 Å². The molecule has 1 aliphatic heterocycles. The number of aryl methyl sites for hydroxylation is 1. The van der Waals surface area contributed by atoms with Crippen LogP contribution in [0.5, 0.6) is 0 Å².